The minimum atomic E-state index is -0.781. The van der Waals surface area contributed by atoms with Gasteiger partial charge < -0.3 is 10.2 Å². The van der Waals surface area contributed by atoms with Crippen LogP contribution in [-0.2, 0) is 5.60 Å². The Labute approximate surface area is 84.2 Å². The van der Waals surface area contributed by atoms with E-state index < -0.39 is 5.60 Å². The maximum atomic E-state index is 10.3. The summed E-state index contributed by atoms with van der Waals surface area (Å²) in [4.78, 5) is 0. The third-order valence-electron chi connectivity index (χ3n) is 3.33. The lowest BCUT2D eigenvalue weighted by molar-refractivity contribution is -0.0400. The monoisotopic (exact) mass is 192 g/mol. The number of phenols is 1. The van der Waals surface area contributed by atoms with Crippen molar-refractivity contribution in [3.05, 3.63) is 29.8 Å². The van der Waals surface area contributed by atoms with Crippen LogP contribution in [0.3, 0.4) is 0 Å². The minimum Gasteiger partial charge on any atom is -0.508 e. The fraction of sp³-hybridized carbons (Fsp3) is 0.500. The molecule has 0 heterocycles. The summed E-state index contributed by atoms with van der Waals surface area (Å²) in [6.07, 6.45) is 3.38. The fourth-order valence-corrected chi connectivity index (χ4v) is 2.03. The van der Waals surface area contributed by atoms with Gasteiger partial charge in [-0.25, -0.2) is 0 Å². The third-order valence-corrected chi connectivity index (χ3v) is 3.33. The Kier molecular flexibility index (Phi) is 2.23. The second kappa shape index (κ2) is 3.28. The molecule has 1 fully saturated rings. The van der Waals surface area contributed by atoms with Crippen molar-refractivity contribution in [3.63, 3.8) is 0 Å². The molecule has 1 aliphatic rings. The van der Waals surface area contributed by atoms with E-state index in [1.54, 1.807) is 18.2 Å². The molecule has 2 heteroatoms. The van der Waals surface area contributed by atoms with E-state index in [9.17, 15) is 10.2 Å². The molecule has 76 valence electrons. The van der Waals surface area contributed by atoms with Crippen LogP contribution >= 0.6 is 0 Å². The van der Waals surface area contributed by atoms with Gasteiger partial charge in [-0.2, -0.15) is 0 Å². The van der Waals surface area contributed by atoms with Gasteiger partial charge in [0.1, 0.15) is 5.75 Å². The Balaban J connectivity index is 2.28. The normalized spacial score (nSPS) is 21.3. The molecule has 0 aromatic heterocycles. The molecule has 2 nitrogen and oxygen atoms in total. The van der Waals surface area contributed by atoms with Gasteiger partial charge in [0.2, 0.25) is 0 Å². The van der Waals surface area contributed by atoms with Crippen molar-refractivity contribution in [2.45, 2.75) is 31.8 Å². The Morgan fingerprint density at radius 1 is 1.36 bits per heavy atom. The lowest BCUT2D eigenvalue weighted by Gasteiger charge is -2.39. The molecule has 0 amide bonds. The van der Waals surface area contributed by atoms with Gasteiger partial charge in [0.05, 0.1) is 5.60 Å². The van der Waals surface area contributed by atoms with Crippen LogP contribution in [0.1, 0.15) is 31.7 Å². The molecule has 0 saturated heterocycles. The van der Waals surface area contributed by atoms with Gasteiger partial charge in [0.25, 0.3) is 0 Å². The molecule has 0 radical (unpaired) electrons. The highest BCUT2D eigenvalue weighted by molar-refractivity contribution is 5.31. The predicted molar refractivity (Wildman–Crippen MR) is 55.0 cm³/mol. The number of benzene rings is 1. The molecule has 1 atom stereocenters. The predicted octanol–water partition coefficient (Wildman–Crippen LogP) is 2.40. The zero-order valence-electron chi connectivity index (χ0n) is 8.40. The van der Waals surface area contributed by atoms with Gasteiger partial charge in [-0.1, -0.05) is 18.6 Å². The molecule has 0 bridgehead atoms. The Morgan fingerprint density at radius 3 is 2.57 bits per heavy atom. The van der Waals surface area contributed by atoms with Crippen LogP contribution in [0.5, 0.6) is 5.75 Å². The molecule has 14 heavy (non-hydrogen) atoms. The van der Waals surface area contributed by atoms with Crippen LogP contribution in [0, 0.1) is 5.92 Å². The molecular formula is C12H16O2. The van der Waals surface area contributed by atoms with Crippen LogP contribution in [0.15, 0.2) is 24.3 Å². The van der Waals surface area contributed by atoms with Crippen LogP contribution in [0.4, 0.5) is 0 Å². The topological polar surface area (TPSA) is 40.5 Å². The average molecular weight is 192 g/mol. The van der Waals surface area contributed by atoms with E-state index in [0.717, 1.165) is 18.4 Å². The first-order valence-corrected chi connectivity index (χ1v) is 5.12. The molecule has 2 N–H and O–H groups in total. The molecule has 0 spiro atoms. The Morgan fingerprint density at radius 2 is 2.07 bits per heavy atom. The molecule has 1 aromatic carbocycles. The van der Waals surface area contributed by atoms with Crippen LogP contribution in [-0.4, -0.2) is 10.2 Å². The first kappa shape index (κ1) is 9.53. The molecule has 1 unspecified atom stereocenters. The molecule has 0 aliphatic heterocycles. The molecule has 1 saturated carbocycles. The van der Waals surface area contributed by atoms with Crippen molar-refractivity contribution in [2.75, 3.05) is 0 Å². The smallest absolute Gasteiger partial charge is 0.115 e. The number of aliphatic hydroxyl groups is 1. The first-order valence-electron chi connectivity index (χ1n) is 5.12. The van der Waals surface area contributed by atoms with E-state index in [1.165, 1.54) is 6.42 Å². The van der Waals surface area contributed by atoms with Crippen molar-refractivity contribution < 1.29 is 10.2 Å². The summed E-state index contributed by atoms with van der Waals surface area (Å²) in [5.74, 6) is 0.575. The highest BCUT2D eigenvalue weighted by Gasteiger charge is 2.37. The zero-order chi connectivity index (χ0) is 10.2. The standard InChI is InChI=1S/C12H16O2/c1-12(14,9-4-2-5-9)10-6-3-7-11(13)8-10/h3,6-9,13-14H,2,4-5H2,1H3. The molecule has 1 aromatic rings. The third kappa shape index (κ3) is 1.50. The van der Waals surface area contributed by atoms with Crippen molar-refractivity contribution in [1.82, 2.24) is 0 Å². The van der Waals surface area contributed by atoms with Crippen molar-refractivity contribution in [1.29, 1.82) is 0 Å². The second-order valence-electron chi connectivity index (χ2n) is 4.33. The maximum Gasteiger partial charge on any atom is 0.115 e. The summed E-state index contributed by atoms with van der Waals surface area (Å²) in [5, 5.41) is 19.7. The SMILES string of the molecule is CC(O)(c1cccc(O)c1)C1CCC1. The number of hydrogen-bond acceptors (Lipinski definition) is 2. The molecular weight excluding hydrogens is 176 g/mol. The summed E-state index contributed by atoms with van der Waals surface area (Å²) >= 11 is 0. The van der Waals surface area contributed by atoms with Crippen LogP contribution < -0.4 is 0 Å². The number of hydrogen-bond donors (Lipinski definition) is 2. The summed E-state index contributed by atoms with van der Waals surface area (Å²) in [6, 6.07) is 6.93. The van der Waals surface area contributed by atoms with Crippen molar-refractivity contribution in [2.24, 2.45) is 5.92 Å². The molecule has 1 aliphatic carbocycles. The maximum absolute atomic E-state index is 10.3. The largest absolute Gasteiger partial charge is 0.508 e. The highest BCUT2D eigenvalue weighted by atomic mass is 16.3. The lowest BCUT2D eigenvalue weighted by atomic mass is 9.71. The summed E-state index contributed by atoms with van der Waals surface area (Å²) < 4.78 is 0. The van der Waals surface area contributed by atoms with Gasteiger partial charge in [-0.15, -0.1) is 0 Å². The van der Waals surface area contributed by atoms with Crippen molar-refractivity contribution in [3.8, 4) is 5.75 Å². The average Bonchev–Trinajstić information content (AvgIpc) is 2.00. The first-order chi connectivity index (χ1) is 6.60. The fourth-order valence-electron chi connectivity index (χ4n) is 2.03. The zero-order valence-corrected chi connectivity index (χ0v) is 8.40. The van der Waals surface area contributed by atoms with Gasteiger partial charge in [-0.3, -0.25) is 0 Å². The van der Waals surface area contributed by atoms with Crippen LogP contribution in [0.25, 0.3) is 0 Å². The van der Waals surface area contributed by atoms with E-state index in [4.69, 9.17) is 0 Å². The summed E-state index contributed by atoms with van der Waals surface area (Å²) in [7, 11) is 0. The summed E-state index contributed by atoms with van der Waals surface area (Å²) in [6.45, 7) is 1.84. The highest BCUT2D eigenvalue weighted by Crippen LogP contribution is 2.42. The van der Waals surface area contributed by atoms with E-state index in [-0.39, 0.29) is 5.75 Å². The van der Waals surface area contributed by atoms with Crippen LogP contribution in [0.2, 0.25) is 0 Å². The Hall–Kier alpha value is -1.02. The minimum absolute atomic E-state index is 0.224. The van der Waals surface area contributed by atoms with E-state index in [2.05, 4.69) is 0 Å². The Bertz CT molecular complexity index is 327. The molecule has 2 rings (SSSR count). The van der Waals surface area contributed by atoms with E-state index in [1.807, 2.05) is 13.0 Å². The number of rotatable bonds is 2. The van der Waals surface area contributed by atoms with Gasteiger partial charge in [0, 0.05) is 0 Å². The van der Waals surface area contributed by atoms with E-state index >= 15 is 0 Å². The van der Waals surface area contributed by atoms with Gasteiger partial charge >= 0.3 is 0 Å². The van der Waals surface area contributed by atoms with Gasteiger partial charge in [0.15, 0.2) is 0 Å². The van der Waals surface area contributed by atoms with Gasteiger partial charge in [-0.05, 0) is 43.4 Å². The number of aromatic hydroxyl groups is 1. The quantitative estimate of drug-likeness (QED) is 0.755. The second-order valence-corrected chi connectivity index (χ2v) is 4.33. The number of phenolic OH excluding ortho intramolecular Hbond substituents is 1. The van der Waals surface area contributed by atoms with E-state index in [0.29, 0.717) is 5.92 Å². The van der Waals surface area contributed by atoms with Crippen molar-refractivity contribution >= 4 is 0 Å². The lowest BCUT2D eigenvalue weighted by Crippen LogP contribution is -2.36. The summed E-state index contributed by atoms with van der Waals surface area (Å²) in [5.41, 5.74) is 0.0407.